The molecule has 2 fully saturated rings. The summed E-state index contributed by atoms with van der Waals surface area (Å²) in [5, 5.41) is 2.91. The van der Waals surface area contributed by atoms with E-state index in [0.29, 0.717) is 25.1 Å². The molecule has 0 radical (unpaired) electrons. The Kier molecular flexibility index (Phi) is 3.33. The van der Waals surface area contributed by atoms with Crippen molar-refractivity contribution in [3.05, 3.63) is 29.8 Å². The Bertz CT molecular complexity index is 562. The number of hydrogen-bond acceptors (Lipinski definition) is 4. The highest BCUT2D eigenvalue weighted by Crippen LogP contribution is 2.29. The summed E-state index contributed by atoms with van der Waals surface area (Å²) in [5.41, 5.74) is 6.52. The maximum absolute atomic E-state index is 12.7. The predicted molar refractivity (Wildman–Crippen MR) is 79.4 cm³/mol. The number of nitrogen functional groups attached to an aromatic ring is 1. The molecule has 2 aliphatic heterocycles. The fraction of sp³-hybridized carbons (Fsp3) is 0.467. The van der Waals surface area contributed by atoms with Crippen LogP contribution < -0.4 is 11.1 Å². The zero-order valence-electron chi connectivity index (χ0n) is 12.1. The summed E-state index contributed by atoms with van der Waals surface area (Å²) in [5.74, 6) is -0.0996. The van der Waals surface area contributed by atoms with E-state index in [2.05, 4.69) is 10.2 Å². The van der Waals surface area contributed by atoms with Gasteiger partial charge in [0, 0.05) is 18.8 Å². The number of amides is 3. The number of rotatable bonds is 2. The van der Waals surface area contributed by atoms with Crippen LogP contribution in [0.25, 0.3) is 0 Å². The molecular weight excluding hydrogens is 268 g/mol. The van der Waals surface area contributed by atoms with Crippen LogP contribution >= 0.6 is 0 Å². The van der Waals surface area contributed by atoms with Crippen LogP contribution in [-0.2, 0) is 11.3 Å². The normalized spacial score (nSPS) is 21.9. The molecule has 0 unspecified atom stereocenters. The van der Waals surface area contributed by atoms with Crippen LogP contribution in [0.3, 0.4) is 0 Å². The maximum atomic E-state index is 12.7. The van der Waals surface area contributed by atoms with Crippen LogP contribution in [0.5, 0.6) is 0 Å². The number of benzene rings is 1. The van der Waals surface area contributed by atoms with E-state index in [1.54, 1.807) is 12.1 Å². The Morgan fingerprint density at radius 3 is 2.43 bits per heavy atom. The average molecular weight is 288 g/mol. The van der Waals surface area contributed by atoms with Gasteiger partial charge >= 0.3 is 6.03 Å². The molecular formula is C15H20N4O2. The van der Waals surface area contributed by atoms with Crippen LogP contribution in [0.4, 0.5) is 10.5 Å². The highest BCUT2D eigenvalue weighted by atomic mass is 16.2. The number of urea groups is 1. The standard InChI is InChI=1S/C15H20N4O2/c1-18-8-6-15(7-9-18)13(20)19(14(21)17-15)10-11-2-4-12(16)5-3-11/h2-5H,6-10,16H2,1H3,(H,17,21). The summed E-state index contributed by atoms with van der Waals surface area (Å²) in [6, 6.07) is 6.95. The molecule has 2 saturated heterocycles. The van der Waals surface area contributed by atoms with Gasteiger partial charge in [-0.15, -0.1) is 0 Å². The quantitative estimate of drug-likeness (QED) is 0.623. The molecule has 112 valence electrons. The van der Waals surface area contributed by atoms with E-state index < -0.39 is 5.54 Å². The van der Waals surface area contributed by atoms with Crippen LogP contribution in [0.2, 0.25) is 0 Å². The van der Waals surface area contributed by atoms with Crippen molar-refractivity contribution in [1.82, 2.24) is 15.1 Å². The maximum Gasteiger partial charge on any atom is 0.325 e. The number of nitrogens with two attached hydrogens (primary N) is 1. The Hall–Kier alpha value is -2.08. The minimum Gasteiger partial charge on any atom is -0.399 e. The zero-order valence-corrected chi connectivity index (χ0v) is 12.1. The SMILES string of the molecule is CN1CCC2(CC1)NC(=O)N(Cc1ccc(N)cc1)C2=O. The number of hydrogen-bond donors (Lipinski definition) is 2. The Labute approximate surface area is 123 Å². The third-order valence-electron chi connectivity index (χ3n) is 4.41. The third kappa shape index (κ3) is 2.47. The Balaban J connectivity index is 1.76. The summed E-state index contributed by atoms with van der Waals surface area (Å²) in [7, 11) is 2.03. The van der Waals surface area contributed by atoms with Crippen molar-refractivity contribution in [2.75, 3.05) is 25.9 Å². The number of nitrogens with one attached hydrogen (secondary N) is 1. The van der Waals surface area contributed by atoms with E-state index in [1.165, 1.54) is 4.90 Å². The molecule has 0 aliphatic carbocycles. The number of carbonyl (C=O) groups is 2. The summed E-state index contributed by atoms with van der Waals surface area (Å²) in [4.78, 5) is 28.3. The molecule has 2 aliphatic rings. The van der Waals surface area contributed by atoms with Crippen molar-refractivity contribution >= 4 is 17.6 Å². The van der Waals surface area contributed by atoms with E-state index in [-0.39, 0.29) is 11.9 Å². The van der Waals surface area contributed by atoms with Crippen molar-refractivity contribution in [2.45, 2.75) is 24.9 Å². The lowest BCUT2D eigenvalue weighted by Crippen LogP contribution is -2.54. The van der Waals surface area contributed by atoms with E-state index in [9.17, 15) is 9.59 Å². The van der Waals surface area contributed by atoms with E-state index in [4.69, 9.17) is 5.73 Å². The second kappa shape index (κ2) is 5.04. The van der Waals surface area contributed by atoms with E-state index >= 15 is 0 Å². The lowest BCUT2D eigenvalue weighted by molar-refractivity contribution is -0.133. The number of likely N-dealkylation sites (tertiary alicyclic amines) is 1. The Morgan fingerprint density at radius 1 is 1.19 bits per heavy atom. The van der Waals surface area contributed by atoms with Gasteiger partial charge in [0.1, 0.15) is 5.54 Å². The van der Waals surface area contributed by atoms with E-state index in [0.717, 1.165) is 18.7 Å². The van der Waals surface area contributed by atoms with Crippen molar-refractivity contribution in [2.24, 2.45) is 0 Å². The van der Waals surface area contributed by atoms with Crippen molar-refractivity contribution in [3.8, 4) is 0 Å². The lowest BCUT2D eigenvalue weighted by Gasteiger charge is -2.35. The fourth-order valence-electron chi connectivity index (χ4n) is 2.96. The molecule has 6 heteroatoms. The number of anilines is 1. The van der Waals surface area contributed by atoms with Gasteiger partial charge < -0.3 is 16.0 Å². The zero-order chi connectivity index (χ0) is 15.0. The van der Waals surface area contributed by atoms with Gasteiger partial charge in [-0.2, -0.15) is 0 Å². The molecule has 1 aromatic carbocycles. The van der Waals surface area contributed by atoms with Gasteiger partial charge in [0.15, 0.2) is 0 Å². The van der Waals surface area contributed by atoms with Gasteiger partial charge in [-0.1, -0.05) is 12.1 Å². The molecule has 3 N–H and O–H groups in total. The van der Waals surface area contributed by atoms with Gasteiger partial charge in [0.05, 0.1) is 6.54 Å². The number of nitrogens with zero attached hydrogens (tertiary/aromatic N) is 2. The molecule has 0 atom stereocenters. The summed E-state index contributed by atoms with van der Waals surface area (Å²) in [6.45, 7) is 1.94. The van der Waals surface area contributed by atoms with Crippen LogP contribution in [-0.4, -0.2) is 47.4 Å². The van der Waals surface area contributed by atoms with Crippen molar-refractivity contribution < 1.29 is 9.59 Å². The molecule has 0 aromatic heterocycles. The molecule has 3 amide bonds. The van der Waals surface area contributed by atoms with Gasteiger partial charge in [0.2, 0.25) is 0 Å². The first kappa shape index (κ1) is 13.9. The molecule has 3 rings (SSSR count). The topological polar surface area (TPSA) is 78.7 Å². The lowest BCUT2D eigenvalue weighted by atomic mass is 9.87. The molecule has 1 aromatic rings. The third-order valence-corrected chi connectivity index (χ3v) is 4.41. The smallest absolute Gasteiger partial charge is 0.325 e. The van der Waals surface area contributed by atoms with Crippen molar-refractivity contribution in [3.63, 3.8) is 0 Å². The second-order valence-electron chi connectivity index (χ2n) is 5.95. The molecule has 0 bridgehead atoms. The highest BCUT2D eigenvalue weighted by molar-refractivity contribution is 6.07. The molecule has 6 nitrogen and oxygen atoms in total. The van der Waals surface area contributed by atoms with Crippen molar-refractivity contribution in [1.29, 1.82) is 0 Å². The second-order valence-corrected chi connectivity index (χ2v) is 5.95. The number of carbonyl (C=O) groups excluding carboxylic acids is 2. The van der Waals surface area contributed by atoms with Gasteiger partial charge in [0.25, 0.3) is 5.91 Å². The average Bonchev–Trinajstić information content (AvgIpc) is 2.69. The fourth-order valence-corrected chi connectivity index (χ4v) is 2.96. The first-order chi connectivity index (χ1) is 10.00. The molecule has 0 saturated carbocycles. The van der Waals surface area contributed by atoms with Crippen LogP contribution in [0.15, 0.2) is 24.3 Å². The molecule has 21 heavy (non-hydrogen) atoms. The molecule has 2 heterocycles. The largest absolute Gasteiger partial charge is 0.399 e. The van der Waals surface area contributed by atoms with Crippen LogP contribution in [0.1, 0.15) is 18.4 Å². The predicted octanol–water partition coefficient (Wildman–Crippen LogP) is 0.785. The van der Waals surface area contributed by atoms with Crippen LogP contribution in [0, 0.1) is 0 Å². The highest BCUT2D eigenvalue weighted by Gasteiger charge is 2.51. The number of imide groups is 1. The van der Waals surface area contributed by atoms with Gasteiger partial charge in [-0.3, -0.25) is 9.69 Å². The summed E-state index contributed by atoms with van der Waals surface area (Å²) >= 11 is 0. The summed E-state index contributed by atoms with van der Waals surface area (Å²) < 4.78 is 0. The van der Waals surface area contributed by atoms with E-state index in [1.807, 2.05) is 19.2 Å². The first-order valence-electron chi connectivity index (χ1n) is 7.17. The van der Waals surface area contributed by atoms with Gasteiger partial charge in [-0.25, -0.2) is 4.79 Å². The first-order valence-corrected chi connectivity index (χ1v) is 7.17. The minimum atomic E-state index is -0.697. The summed E-state index contributed by atoms with van der Waals surface area (Å²) in [6.07, 6.45) is 1.35. The minimum absolute atomic E-state index is 0.0996. The monoisotopic (exact) mass is 288 g/mol. The Morgan fingerprint density at radius 2 is 1.81 bits per heavy atom. The van der Waals surface area contributed by atoms with Gasteiger partial charge in [-0.05, 0) is 37.6 Å². The number of piperidine rings is 1. The molecule has 1 spiro atoms.